The molecule has 0 saturated heterocycles. The lowest BCUT2D eigenvalue weighted by molar-refractivity contribution is -0.131. The first-order chi connectivity index (χ1) is 12.0. The molecule has 3 N–H and O–H groups in total. The number of rotatable bonds is 6. The van der Waals surface area contributed by atoms with Gasteiger partial charge in [0, 0.05) is 0 Å². The standard InChI is InChI=1S/C17H15NO7/c1-24-17(22)15-12(10-4-2-5-11(8-10)16(20)21)6-3-7-13(15)25-9-14(19)18-23/h2-8,23H,9H2,1H3,(H,18,19)(H,20,21). The zero-order chi connectivity index (χ0) is 18.4. The number of aromatic carboxylic acids is 1. The Hall–Kier alpha value is -3.39. The first-order valence-corrected chi connectivity index (χ1v) is 7.08. The van der Waals surface area contributed by atoms with Crippen molar-refractivity contribution in [2.45, 2.75) is 0 Å². The number of hydroxylamine groups is 1. The van der Waals surface area contributed by atoms with Crippen LogP contribution in [0.5, 0.6) is 5.75 Å². The van der Waals surface area contributed by atoms with Crippen molar-refractivity contribution in [3.63, 3.8) is 0 Å². The third-order valence-corrected chi connectivity index (χ3v) is 3.32. The van der Waals surface area contributed by atoms with Crippen LogP contribution in [-0.4, -0.2) is 41.9 Å². The van der Waals surface area contributed by atoms with E-state index in [-0.39, 0.29) is 16.9 Å². The first-order valence-electron chi connectivity index (χ1n) is 7.08. The van der Waals surface area contributed by atoms with E-state index in [4.69, 9.17) is 19.8 Å². The number of methoxy groups -OCH3 is 1. The van der Waals surface area contributed by atoms with Crippen LogP contribution in [0.1, 0.15) is 20.7 Å². The Kier molecular flexibility index (Phi) is 5.70. The quantitative estimate of drug-likeness (QED) is 0.414. The number of carboxylic acids is 1. The molecule has 0 aliphatic heterocycles. The predicted molar refractivity (Wildman–Crippen MR) is 85.6 cm³/mol. The summed E-state index contributed by atoms with van der Waals surface area (Å²) in [4.78, 5) is 34.5. The molecule has 0 aliphatic carbocycles. The molecule has 0 atom stereocenters. The Morgan fingerprint density at radius 1 is 1.12 bits per heavy atom. The van der Waals surface area contributed by atoms with Gasteiger partial charge in [0.05, 0.1) is 12.7 Å². The van der Waals surface area contributed by atoms with E-state index in [1.54, 1.807) is 24.3 Å². The maximum atomic E-state index is 12.2. The summed E-state index contributed by atoms with van der Waals surface area (Å²) < 4.78 is 10.0. The fraction of sp³-hybridized carbons (Fsp3) is 0.118. The van der Waals surface area contributed by atoms with E-state index in [0.29, 0.717) is 11.1 Å². The largest absolute Gasteiger partial charge is 0.483 e. The van der Waals surface area contributed by atoms with Gasteiger partial charge < -0.3 is 14.6 Å². The van der Waals surface area contributed by atoms with Crippen LogP contribution in [0.4, 0.5) is 0 Å². The van der Waals surface area contributed by atoms with Gasteiger partial charge in [-0.05, 0) is 29.3 Å². The van der Waals surface area contributed by atoms with Gasteiger partial charge in [0.1, 0.15) is 11.3 Å². The second-order valence-electron chi connectivity index (χ2n) is 4.88. The number of carbonyl (C=O) groups is 3. The van der Waals surface area contributed by atoms with Crippen molar-refractivity contribution in [2.24, 2.45) is 0 Å². The molecule has 2 rings (SSSR count). The van der Waals surface area contributed by atoms with Crippen LogP contribution in [0.15, 0.2) is 42.5 Å². The highest BCUT2D eigenvalue weighted by atomic mass is 16.5. The van der Waals surface area contributed by atoms with Gasteiger partial charge in [0.25, 0.3) is 5.91 Å². The van der Waals surface area contributed by atoms with Gasteiger partial charge in [0.2, 0.25) is 0 Å². The van der Waals surface area contributed by atoms with Crippen LogP contribution in [-0.2, 0) is 9.53 Å². The second kappa shape index (κ2) is 7.93. The van der Waals surface area contributed by atoms with E-state index in [1.807, 2.05) is 0 Å². The van der Waals surface area contributed by atoms with Crippen LogP contribution in [0, 0.1) is 0 Å². The molecule has 0 bridgehead atoms. The molecule has 2 aromatic carbocycles. The van der Waals surface area contributed by atoms with Gasteiger partial charge in [-0.15, -0.1) is 0 Å². The van der Waals surface area contributed by atoms with E-state index in [0.717, 1.165) is 0 Å². The smallest absolute Gasteiger partial charge is 0.342 e. The molecule has 2 aromatic rings. The molecule has 25 heavy (non-hydrogen) atoms. The minimum absolute atomic E-state index is 0.0401. The van der Waals surface area contributed by atoms with Crippen molar-refractivity contribution >= 4 is 17.8 Å². The lowest BCUT2D eigenvalue weighted by Crippen LogP contribution is -2.26. The topological polar surface area (TPSA) is 122 Å². The van der Waals surface area contributed by atoms with Crippen LogP contribution < -0.4 is 10.2 Å². The summed E-state index contributed by atoms with van der Waals surface area (Å²) in [6.07, 6.45) is 0. The van der Waals surface area contributed by atoms with Crippen LogP contribution in [0.25, 0.3) is 11.1 Å². The first kappa shape index (κ1) is 18.0. The molecule has 0 heterocycles. The molecule has 0 aromatic heterocycles. The highest BCUT2D eigenvalue weighted by Crippen LogP contribution is 2.32. The van der Waals surface area contributed by atoms with Crippen molar-refractivity contribution in [3.05, 3.63) is 53.6 Å². The number of benzene rings is 2. The molecule has 8 heteroatoms. The number of amides is 1. The Balaban J connectivity index is 2.54. The molecule has 1 amide bonds. The van der Waals surface area contributed by atoms with Crippen molar-refractivity contribution in [1.82, 2.24) is 5.48 Å². The molecule has 0 aliphatic rings. The maximum Gasteiger partial charge on any atom is 0.342 e. The summed E-state index contributed by atoms with van der Waals surface area (Å²) in [7, 11) is 1.19. The number of nitrogens with one attached hydrogen (secondary N) is 1. The number of ether oxygens (including phenoxy) is 2. The van der Waals surface area contributed by atoms with E-state index in [9.17, 15) is 14.4 Å². The molecule has 0 saturated carbocycles. The summed E-state index contributed by atoms with van der Waals surface area (Å²) in [6.45, 7) is -0.515. The number of hydrogen-bond acceptors (Lipinski definition) is 6. The SMILES string of the molecule is COC(=O)c1c(OCC(=O)NO)cccc1-c1cccc(C(=O)O)c1. The fourth-order valence-electron chi connectivity index (χ4n) is 2.20. The molecule has 130 valence electrons. The van der Waals surface area contributed by atoms with Gasteiger partial charge in [-0.25, -0.2) is 15.1 Å². The monoisotopic (exact) mass is 345 g/mol. The van der Waals surface area contributed by atoms with E-state index in [2.05, 4.69) is 0 Å². The molecule has 0 fully saturated rings. The predicted octanol–water partition coefficient (Wildman–Crippen LogP) is 1.72. The summed E-state index contributed by atoms with van der Waals surface area (Å²) in [5.41, 5.74) is 2.37. The van der Waals surface area contributed by atoms with Crippen LogP contribution in [0.3, 0.4) is 0 Å². The molecule has 8 nitrogen and oxygen atoms in total. The number of carboxylic acid groups (broad SMARTS) is 1. The van der Waals surface area contributed by atoms with Crippen molar-refractivity contribution in [2.75, 3.05) is 13.7 Å². The normalized spacial score (nSPS) is 10.0. The molecule has 0 radical (unpaired) electrons. The van der Waals surface area contributed by atoms with Crippen LogP contribution in [0.2, 0.25) is 0 Å². The minimum atomic E-state index is -1.10. The minimum Gasteiger partial charge on any atom is -0.483 e. The number of hydrogen-bond donors (Lipinski definition) is 3. The van der Waals surface area contributed by atoms with E-state index < -0.39 is 24.5 Å². The van der Waals surface area contributed by atoms with Gasteiger partial charge in [-0.2, -0.15) is 0 Å². The van der Waals surface area contributed by atoms with Gasteiger partial charge in [0.15, 0.2) is 6.61 Å². The van der Waals surface area contributed by atoms with Crippen molar-refractivity contribution in [1.29, 1.82) is 0 Å². The second-order valence-corrected chi connectivity index (χ2v) is 4.88. The number of esters is 1. The molecule has 0 spiro atoms. The Morgan fingerprint density at radius 2 is 1.84 bits per heavy atom. The lowest BCUT2D eigenvalue weighted by atomic mass is 9.97. The lowest BCUT2D eigenvalue weighted by Gasteiger charge is -2.14. The maximum absolute atomic E-state index is 12.2. The van der Waals surface area contributed by atoms with Gasteiger partial charge in [-0.3, -0.25) is 10.0 Å². The Labute approximate surface area is 142 Å². The van der Waals surface area contributed by atoms with Crippen LogP contribution >= 0.6 is 0 Å². The van der Waals surface area contributed by atoms with Crippen molar-refractivity contribution < 1.29 is 34.2 Å². The average Bonchev–Trinajstić information content (AvgIpc) is 2.65. The molecular weight excluding hydrogens is 330 g/mol. The third kappa shape index (κ3) is 4.12. The summed E-state index contributed by atoms with van der Waals surface area (Å²) in [5.74, 6) is -2.55. The van der Waals surface area contributed by atoms with Crippen molar-refractivity contribution in [3.8, 4) is 16.9 Å². The highest BCUT2D eigenvalue weighted by Gasteiger charge is 2.20. The molecule has 0 unspecified atom stereocenters. The fourth-order valence-corrected chi connectivity index (χ4v) is 2.20. The Bertz CT molecular complexity index is 816. The van der Waals surface area contributed by atoms with Gasteiger partial charge in [-0.1, -0.05) is 24.3 Å². The van der Waals surface area contributed by atoms with E-state index in [1.165, 1.54) is 30.8 Å². The molecular formula is C17H15NO7. The zero-order valence-corrected chi connectivity index (χ0v) is 13.2. The average molecular weight is 345 g/mol. The Morgan fingerprint density at radius 3 is 2.48 bits per heavy atom. The number of carbonyl (C=O) groups excluding carboxylic acids is 2. The highest BCUT2D eigenvalue weighted by molar-refractivity contribution is 6.01. The zero-order valence-electron chi connectivity index (χ0n) is 13.2. The van der Waals surface area contributed by atoms with Gasteiger partial charge >= 0.3 is 11.9 Å². The van der Waals surface area contributed by atoms with E-state index >= 15 is 0 Å². The summed E-state index contributed by atoms with van der Waals surface area (Å²) in [6, 6.07) is 10.7. The third-order valence-electron chi connectivity index (χ3n) is 3.32. The summed E-state index contributed by atoms with van der Waals surface area (Å²) >= 11 is 0. The summed E-state index contributed by atoms with van der Waals surface area (Å²) in [5, 5.41) is 17.6.